The summed E-state index contributed by atoms with van der Waals surface area (Å²) in [4.78, 5) is 0. The van der Waals surface area contributed by atoms with Crippen molar-refractivity contribution in [1.29, 1.82) is 0 Å². The summed E-state index contributed by atoms with van der Waals surface area (Å²) in [6.07, 6.45) is 0. The van der Waals surface area contributed by atoms with Gasteiger partial charge in [0.2, 0.25) is 0 Å². The topological polar surface area (TPSA) is 13.1 Å². The normalized spacial score (nSPS) is 18.1. The van der Waals surface area contributed by atoms with Crippen LogP contribution in [0.1, 0.15) is 28.8 Å². The van der Waals surface area contributed by atoms with Gasteiger partial charge in [-0.3, -0.25) is 0 Å². The Hall–Kier alpha value is -6.18. The quantitative estimate of drug-likeness (QED) is 0.180. The van der Waals surface area contributed by atoms with Crippen LogP contribution in [0.5, 0.6) is 0 Å². The summed E-state index contributed by atoms with van der Waals surface area (Å²) >= 11 is 0. The molecule has 1 heterocycles. The van der Waals surface area contributed by atoms with Crippen LogP contribution >= 0.6 is 0 Å². The van der Waals surface area contributed by atoms with Crippen molar-refractivity contribution in [2.45, 2.75) is 0 Å². The van der Waals surface area contributed by atoms with E-state index in [1.54, 1.807) is 30.3 Å². The zero-order chi connectivity index (χ0) is 49.2. The second kappa shape index (κ2) is 10.2. The van der Waals surface area contributed by atoms with E-state index in [9.17, 15) is 12.3 Å². The van der Waals surface area contributed by atoms with E-state index in [1.807, 2.05) is 12.1 Å². The summed E-state index contributed by atoms with van der Waals surface area (Å²) in [5.41, 5.74) is -1.50. The number of furan rings is 1. The molecule has 0 atom stereocenters. The Labute approximate surface area is 301 Å². The Morgan fingerprint density at radius 3 is 1.57 bits per heavy atom. The molecule has 1 aromatic heterocycles. The van der Waals surface area contributed by atoms with Gasteiger partial charge in [-0.25, -0.2) is 0 Å². The number of hydrogen-bond donors (Lipinski definition) is 0. The lowest BCUT2D eigenvalue weighted by molar-refractivity contribution is 0.669. The Morgan fingerprint density at radius 1 is 0.362 bits per heavy atom. The number of rotatable bonds is 3. The molecule has 1 nitrogen and oxygen atoms in total. The molecule has 0 fully saturated rings. The smallest absolute Gasteiger partial charge is 0.136 e. The molecular weight excluding hydrogens is 569 g/mol. The van der Waals surface area contributed by atoms with E-state index in [1.165, 1.54) is 0 Å². The fourth-order valence-corrected chi connectivity index (χ4v) is 6.35. The van der Waals surface area contributed by atoms with Gasteiger partial charge >= 0.3 is 0 Å². The Bertz CT molecular complexity index is 3960. The molecule has 9 aromatic carbocycles. The molecule has 0 radical (unpaired) electrons. The standard InChI is InChI=1S/C46H28O/c1-2-14-31-29(12-1)13-11-22-37(31)45-38-18-5-7-20-40(38)46(41-21-8-6-19-39(41)45)42-27-26-32(33-15-3-4-16-34(33)42)30-24-25-36-35-17-9-10-23-43(35)47-44(36)28-30/h1-28H/i1D,2D,3D,4D,5D,6D,7D,8D,11D,12D,13D,14D,15D,16D,18D,19D,20D,21D,22D,26D,27D. The van der Waals surface area contributed by atoms with Gasteiger partial charge in [-0.05, 0) is 94.7 Å². The first-order valence-corrected chi connectivity index (χ1v) is 14.5. The van der Waals surface area contributed by atoms with Crippen LogP contribution in [-0.2, 0) is 0 Å². The second-order valence-electron chi connectivity index (χ2n) is 10.8. The summed E-state index contributed by atoms with van der Waals surface area (Å²) < 4.78 is 197. The lowest BCUT2D eigenvalue weighted by Gasteiger charge is -2.20. The van der Waals surface area contributed by atoms with Crippen molar-refractivity contribution >= 4 is 65.0 Å². The van der Waals surface area contributed by atoms with Crippen LogP contribution in [0.2, 0.25) is 0 Å². The molecule has 0 saturated carbocycles. The number of benzene rings is 9. The molecule has 0 N–H and O–H groups in total. The average molecular weight is 618 g/mol. The molecule has 10 rings (SSSR count). The predicted octanol–water partition coefficient (Wildman–Crippen LogP) is 13.2. The van der Waals surface area contributed by atoms with Crippen molar-refractivity contribution in [3.05, 3.63) is 169 Å². The molecule has 0 unspecified atom stereocenters. The third kappa shape index (κ3) is 3.90. The third-order valence-electron chi connectivity index (χ3n) is 8.35. The fraction of sp³-hybridized carbons (Fsp3) is 0. The van der Waals surface area contributed by atoms with Crippen LogP contribution < -0.4 is 0 Å². The molecule has 0 aliphatic heterocycles. The van der Waals surface area contributed by atoms with Crippen molar-refractivity contribution in [2.24, 2.45) is 0 Å². The molecule has 47 heavy (non-hydrogen) atoms. The summed E-state index contributed by atoms with van der Waals surface area (Å²) in [6.45, 7) is 0. The molecule has 0 amide bonds. The minimum absolute atomic E-state index is 0.157. The van der Waals surface area contributed by atoms with Crippen LogP contribution in [0.3, 0.4) is 0 Å². The first-order valence-electron chi connectivity index (χ1n) is 25.0. The second-order valence-corrected chi connectivity index (χ2v) is 10.8. The van der Waals surface area contributed by atoms with E-state index in [4.69, 9.17) is 20.9 Å². The molecule has 1 heteroatoms. The first kappa shape index (κ1) is 12.9. The van der Waals surface area contributed by atoms with Gasteiger partial charge in [0.25, 0.3) is 0 Å². The highest BCUT2D eigenvalue weighted by atomic mass is 16.3. The zero-order valence-corrected chi connectivity index (χ0v) is 23.9. The monoisotopic (exact) mass is 617 g/mol. The Balaban J connectivity index is 1.52. The maximum absolute atomic E-state index is 9.84. The summed E-state index contributed by atoms with van der Waals surface area (Å²) in [5.74, 6) is 0. The van der Waals surface area contributed by atoms with Crippen LogP contribution in [0.15, 0.2) is 174 Å². The minimum Gasteiger partial charge on any atom is -0.456 e. The Morgan fingerprint density at radius 2 is 0.872 bits per heavy atom. The van der Waals surface area contributed by atoms with E-state index < -0.39 is 187 Å². The van der Waals surface area contributed by atoms with Gasteiger partial charge < -0.3 is 4.42 Å². The van der Waals surface area contributed by atoms with E-state index in [0.29, 0.717) is 16.6 Å². The van der Waals surface area contributed by atoms with Gasteiger partial charge in [-0.15, -0.1) is 0 Å². The molecule has 0 aliphatic carbocycles. The average Bonchev–Trinajstić information content (AvgIpc) is 3.70. The molecule has 0 bridgehead atoms. The van der Waals surface area contributed by atoms with Crippen LogP contribution in [0.4, 0.5) is 0 Å². The lowest BCUT2D eigenvalue weighted by atomic mass is 9.83. The SMILES string of the molecule is [2H]c1c([2H])c([2H])c2c(-c3c4c([2H])c([2H])c([2H])c([2H])c4c(-c4c([2H])c([2H])c(-c5ccc6c(c5)oc5ccccc56)c5c([2H])c([2H])c([2H])c([2H])c45)c4c([2H])c([2H])c([2H])c([2H])c34)c([2H])c([2H])c([2H])c2c1[2H]. The molecule has 0 aliphatic rings. The van der Waals surface area contributed by atoms with Gasteiger partial charge in [0.1, 0.15) is 11.2 Å². The van der Waals surface area contributed by atoms with E-state index in [2.05, 4.69) is 0 Å². The molecule has 10 aromatic rings. The summed E-state index contributed by atoms with van der Waals surface area (Å²) in [5, 5.41) is -2.95. The Kier molecular flexibility index (Phi) is 2.79. The maximum Gasteiger partial charge on any atom is 0.136 e. The van der Waals surface area contributed by atoms with E-state index >= 15 is 0 Å². The highest BCUT2D eigenvalue weighted by Gasteiger charge is 2.20. The van der Waals surface area contributed by atoms with Gasteiger partial charge in [-0.2, -0.15) is 0 Å². The highest BCUT2D eigenvalue weighted by molar-refractivity contribution is 6.25. The van der Waals surface area contributed by atoms with E-state index in [-0.39, 0.29) is 16.5 Å². The van der Waals surface area contributed by atoms with Crippen molar-refractivity contribution in [2.75, 3.05) is 0 Å². The van der Waals surface area contributed by atoms with Crippen LogP contribution in [0, 0.1) is 0 Å². The van der Waals surface area contributed by atoms with Gasteiger partial charge in [-0.1, -0.05) is 151 Å². The lowest BCUT2D eigenvalue weighted by Crippen LogP contribution is -1.93. The summed E-state index contributed by atoms with van der Waals surface area (Å²) in [7, 11) is 0. The molecule has 0 saturated heterocycles. The van der Waals surface area contributed by atoms with Crippen LogP contribution in [-0.4, -0.2) is 0 Å². The third-order valence-corrected chi connectivity index (χ3v) is 8.35. The van der Waals surface area contributed by atoms with Crippen molar-refractivity contribution < 1.29 is 33.2 Å². The van der Waals surface area contributed by atoms with Crippen molar-refractivity contribution in [1.82, 2.24) is 0 Å². The number of fused-ring (bicyclic) bond motifs is 7. The van der Waals surface area contributed by atoms with Gasteiger partial charge in [0.15, 0.2) is 0 Å². The number of para-hydroxylation sites is 1. The van der Waals surface area contributed by atoms with Crippen LogP contribution in [0.25, 0.3) is 98.4 Å². The van der Waals surface area contributed by atoms with Crippen molar-refractivity contribution in [3.63, 3.8) is 0 Å². The minimum atomic E-state index is -0.911. The maximum atomic E-state index is 9.84. The largest absolute Gasteiger partial charge is 0.456 e. The van der Waals surface area contributed by atoms with E-state index in [0.717, 1.165) is 5.39 Å². The highest BCUT2D eigenvalue weighted by Crippen LogP contribution is 2.47. The molecule has 0 spiro atoms. The molecule has 218 valence electrons. The van der Waals surface area contributed by atoms with Crippen molar-refractivity contribution in [3.8, 4) is 33.4 Å². The first-order chi connectivity index (χ1) is 32.1. The zero-order valence-electron chi connectivity index (χ0n) is 44.9. The fourth-order valence-electron chi connectivity index (χ4n) is 6.35. The predicted molar refractivity (Wildman–Crippen MR) is 200 cm³/mol. The summed E-state index contributed by atoms with van der Waals surface area (Å²) in [6, 6.07) is -5.55. The van der Waals surface area contributed by atoms with Gasteiger partial charge in [0.05, 0.1) is 28.8 Å². The van der Waals surface area contributed by atoms with Gasteiger partial charge in [0, 0.05) is 10.8 Å². The molecular formula is C46H28O. The number of hydrogen-bond acceptors (Lipinski definition) is 1.